The normalized spacial score (nSPS) is 13.4. The van der Waals surface area contributed by atoms with Gasteiger partial charge in [0.15, 0.2) is 0 Å². The largest absolute Gasteiger partial charge is 0.488 e. The van der Waals surface area contributed by atoms with Crippen molar-refractivity contribution in [3.8, 4) is 5.75 Å². The van der Waals surface area contributed by atoms with Gasteiger partial charge in [0, 0.05) is 18.7 Å². The van der Waals surface area contributed by atoms with Crippen molar-refractivity contribution in [3.63, 3.8) is 0 Å². The summed E-state index contributed by atoms with van der Waals surface area (Å²) in [5.74, 6) is 0.706. The summed E-state index contributed by atoms with van der Waals surface area (Å²) in [4.78, 5) is 11.7. The first-order valence-corrected chi connectivity index (χ1v) is 5.22. The first kappa shape index (κ1) is 10.7. The van der Waals surface area contributed by atoms with E-state index >= 15 is 0 Å². The second-order valence-electron chi connectivity index (χ2n) is 3.54. The number of nitrogens with two attached hydrogens (primary N) is 1. The molecule has 1 aliphatic heterocycles. The van der Waals surface area contributed by atoms with Gasteiger partial charge in [-0.15, -0.1) is 0 Å². The summed E-state index contributed by atoms with van der Waals surface area (Å²) in [7, 11) is 0. The summed E-state index contributed by atoms with van der Waals surface area (Å²) in [5.41, 5.74) is 6.89. The molecule has 0 aromatic heterocycles. The molecule has 3 N–H and O–H groups in total. The van der Waals surface area contributed by atoms with E-state index in [0.29, 0.717) is 25.3 Å². The Bertz CT molecular complexity index is 427. The minimum absolute atomic E-state index is 0.111. The van der Waals surface area contributed by atoms with Gasteiger partial charge in [0.2, 0.25) is 0 Å². The summed E-state index contributed by atoms with van der Waals surface area (Å²) in [6, 6.07) is 7.64. The molecule has 0 fully saturated rings. The Labute approximate surface area is 94.1 Å². The lowest BCUT2D eigenvalue weighted by molar-refractivity contribution is -0.117. The quantitative estimate of drug-likeness (QED) is 0.778. The fourth-order valence-corrected chi connectivity index (χ4v) is 1.55. The monoisotopic (exact) mass is 218 g/mol. The van der Waals surface area contributed by atoms with Crippen molar-refractivity contribution in [1.29, 1.82) is 0 Å². The predicted molar refractivity (Wildman–Crippen MR) is 62.0 cm³/mol. The van der Waals surface area contributed by atoms with Crippen LogP contribution in [0.15, 0.2) is 29.8 Å². The van der Waals surface area contributed by atoms with Crippen molar-refractivity contribution in [2.24, 2.45) is 5.73 Å². The van der Waals surface area contributed by atoms with Crippen LogP contribution >= 0.6 is 0 Å². The van der Waals surface area contributed by atoms with Crippen molar-refractivity contribution in [2.45, 2.75) is 0 Å². The number of rotatable bonds is 3. The molecule has 0 aliphatic carbocycles. The maximum Gasteiger partial charge on any atom is 0.250 e. The number of ether oxygens (including phenoxy) is 1. The van der Waals surface area contributed by atoms with Gasteiger partial charge in [-0.25, -0.2) is 0 Å². The summed E-state index contributed by atoms with van der Waals surface area (Å²) in [5, 5.41) is 2.72. The highest BCUT2D eigenvalue weighted by atomic mass is 16.5. The van der Waals surface area contributed by atoms with Crippen LogP contribution in [0.3, 0.4) is 0 Å². The molecule has 4 nitrogen and oxygen atoms in total. The zero-order valence-corrected chi connectivity index (χ0v) is 8.90. The highest BCUT2D eigenvalue weighted by molar-refractivity contribution is 5.99. The molecular formula is C12H14N2O2. The Kier molecular flexibility index (Phi) is 3.22. The van der Waals surface area contributed by atoms with E-state index in [-0.39, 0.29) is 5.91 Å². The molecule has 1 aliphatic rings. The number of carbonyl (C=O) groups excluding carboxylic acids is 1. The van der Waals surface area contributed by atoms with Crippen molar-refractivity contribution < 1.29 is 9.53 Å². The Morgan fingerprint density at radius 3 is 3.06 bits per heavy atom. The number of fused-ring (bicyclic) bond motifs is 1. The zero-order chi connectivity index (χ0) is 11.4. The smallest absolute Gasteiger partial charge is 0.250 e. The second kappa shape index (κ2) is 4.81. The van der Waals surface area contributed by atoms with Crippen molar-refractivity contribution in [2.75, 3.05) is 19.7 Å². The molecule has 1 amide bonds. The van der Waals surface area contributed by atoms with E-state index in [1.807, 2.05) is 30.3 Å². The van der Waals surface area contributed by atoms with E-state index in [9.17, 15) is 4.79 Å². The fraction of sp³-hybridized carbons (Fsp3) is 0.250. The highest BCUT2D eigenvalue weighted by Gasteiger charge is 2.15. The zero-order valence-electron chi connectivity index (χ0n) is 8.90. The lowest BCUT2D eigenvalue weighted by Gasteiger charge is -2.17. The Morgan fingerprint density at radius 1 is 1.44 bits per heavy atom. The van der Waals surface area contributed by atoms with Gasteiger partial charge in [0.25, 0.3) is 5.91 Å². The first-order valence-electron chi connectivity index (χ1n) is 5.22. The first-order chi connectivity index (χ1) is 7.81. The molecule has 16 heavy (non-hydrogen) atoms. The average Bonchev–Trinajstić information content (AvgIpc) is 2.35. The minimum Gasteiger partial charge on any atom is -0.488 e. The molecule has 1 aromatic carbocycles. The number of nitrogens with one attached hydrogen (secondary N) is 1. The number of amides is 1. The van der Waals surface area contributed by atoms with Crippen molar-refractivity contribution in [3.05, 3.63) is 35.4 Å². The van der Waals surface area contributed by atoms with Gasteiger partial charge in [-0.1, -0.05) is 18.2 Å². The topological polar surface area (TPSA) is 64.3 Å². The van der Waals surface area contributed by atoms with Crippen LogP contribution in [-0.2, 0) is 4.79 Å². The van der Waals surface area contributed by atoms with Gasteiger partial charge >= 0.3 is 0 Å². The second-order valence-corrected chi connectivity index (χ2v) is 3.54. The predicted octanol–water partition coefficient (Wildman–Crippen LogP) is 0.537. The molecule has 1 aromatic rings. The van der Waals surface area contributed by atoms with Crippen LogP contribution < -0.4 is 15.8 Å². The van der Waals surface area contributed by atoms with E-state index in [4.69, 9.17) is 10.5 Å². The summed E-state index contributed by atoms with van der Waals surface area (Å²) in [6.07, 6.45) is 1.85. The Hall–Kier alpha value is -1.81. The van der Waals surface area contributed by atoms with E-state index in [1.54, 1.807) is 0 Å². The molecule has 1 heterocycles. The van der Waals surface area contributed by atoms with Gasteiger partial charge in [0.05, 0.1) is 5.57 Å². The van der Waals surface area contributed by atoms with Crippen molar-refractivity contribution in [1.82, 2.24) is 5.32 Å². The lowest BCUT2D eigenvalue weighted by Crippen LogP contribution is -2.32. The van der Waals surface area contributed by atoms with Gasteiger partial charge in [-0.05, 0) is 12.1 Å². The molecule has 0 atom stereocenters. The molecule has 0 spiro atoms. The molecule has 4 heteroatoms. The Morgan fingerprint density at radius 2 is 2.25 bits per heavy atom. The molecule has 0 bridgehead atoms. The third-order valence-corrected chi connectivity index (χ3v) is 2.35. The standard InChI is InChI=1S/C12H14N2O2/c13-5-6-14-12(15)10-7-9-3-1-2-4-11(9)16-8-10/h1-4,7H,5-6,8,13H2,(H,14,15). The summed E-state index contributed by atoms with van der Waals surface area (Å²) >= 11 is 0. The number of hydrogen-bond donors (Lipinski definition) is 2. The minimum atomic E-state index is -0.111. The maximum atomic E-state index is 11.7. The van der Waals surface area contributed by atoms with E-state index in [0.717, 1.165) is 11.3 Å². The summed E-state index contributed by atoms with van der Waals surface area (Å²) in [6.45, 7) is 1.24. The molecule has 0 saturated heterocycles. The van der Waals surface area contributed by atoms with Crippen molar-refractivity contribution >= 4 is 12.0 Å². The highest BCUT2D eigenvalue weighted by Crippen LogP contribution is 2.25. The SMILES string of the molecule is NCCNC(=O)C1=Cc2ccccc2OC1. The van der Waals surface area contributed by atoms with Gasteiger partial charge in [-0.2, -0.15) is 0 Å². The molecular weight excluding hydrogens is 204 g/mol. The average molecular weight is 218 g/mol. The van der Waals surface area contributed by atoms with Gasteiger partial charge < -0.3 is 15.8 Å². The van der Waals surface area contributed by atoms with Gasteiger partial charge in [-0.3, -0.25) is 4.79 Å². The fourth-order valence-electron chi connectivity index (χ4n) is 1.55. The maximum absolute atomic E-state index is 11.7. The van der Waals surface area contributed by atoms with Crippen LogP contribution in [0.25, 0.3) is 6.08 Å². The number of carbonyl (C=O) groups is 1. The molecule has 84 valence electrons. The van der Waals surface area contributed by atoms with Crippen LogP contribution in [0, 0.1) is 0 Å². The molecule has 0 radical (unpaired) electrons. The number of benzene rings is 1. The van der Waals surface area contributed by atoms with E-state index < -0.39 is 0 Å². The van der Waals surface area contributed by atoms with Crippen LogP contribution in [-0.4, -0.2) is 25.6 Å². The molecule has 0 unspecified atom stereocenters. The van der Waals surface area contributed by atoms with Gasteiger partial charge in [0.1, 0.15) is 12.4 Å². The summed E-state index contributed by atoms with van der Waals surface area (Å²) < 4.78 is 5.48. The lowest BCUT2D eigenvalue weighted by atomic mass is 10.1. The van der Waals surface area contributed by atoms with Crippen LogP contribution in [0.5, 0.6) is 5.75 Å². The van der Waals surface area contributed by atoms with Crippen LogP contribution in [0.2, 0.25) is 0 Å². The molecule has 0 saturated carbocycles. The third kappa shape index (κ3) is 2.23. The van der Waals surface area contributed by atoms with Crippen LogP contribution in [0.4, 0.5) is 0 Å². The third-order valence-electron chi connectivity index (χ3n) is 2.35. The van der Waals surface area contributed by atoms with E-state index in [2.05, 4.69) is 5.32 Å². The molecule has 2 rings (SSSR count). The van der Waals surface area contributed by atoms with Crippen LogP contribution in [0.1, 0.15) is 5.56 Å². The number of hydrogen-bond acceptors (Lipinski definition) is 3. The van der Waals surface area contributed by atoms with E-state index in [1.165, 1.54) is 0 Å². The number of para-hydroxylation sites is 1. The Balaban J connectivity index is 2.14.